The molecular weight excluding hydrogens is 385 g/mol. The molecule has 1 saturated heterocycles. The van der Waals surface area contributed by atoms with Gasteiger partial charge >= 0.3 is 6.03 Å². The monoisotopic (exact) mass is 411 g/mol. The van der Waals surface area contributed by atoms with E-state index in [4.69, 9.17) is 0 Å². The molecule has 1 heterocycles. The van der Waals surface area contributed by atoms with Gasteiger partial charge in [0.1, 0.15) is 17.9 Å². The van der Waals surface area contributed by atoms with Crippen molar-refractivity contribution in [2.45, 2.75) is 39.2 Å². The van der Waals surface area contributed by atoms with Gasteiger partial charge in [0.2, 0.25) is 5.91 Å². The van der Waals surface area contributed by atoms with Crippen LogP contribution in [0.2, 0.25) is 0 Å². The molecule has 2 aromatic carbocycles. The largest absolute Gasteiger partial charge is 0.325 e. The summed E-state index contributed by atoms with van der Waals surface area (Å²) in [4.78, 5) is 40.8. The summed E-state index contributed by atoms with van der Waals surface area (Å²) in [5, 5.41) is 2.72. The van der Waals surface area contributed by atoms with Gasteiger partial charge in [-0.3, -0.25) is 14.5 Å². The molecule has 2 aromatic rings. The van der Waals surface area contributed by atoms with Crippen LogP contribution in [0.1, 0.15) is 44.7 Å². The van der Waals surface area contributed by atoms with Gasteiger partial charge in [-0.05, 0) is 55.2 Å². The van der Waals surface area contributed by atoms with Crippen molar-refractivity contribution in [2.24, 2.45) is 0 Å². The van der Waals surface area contributed by atoms with E-state index in [0.717, 1.165) is 10.5 Å². The van der Waals surface area contributed by atoms with Gasteiger partial charge in [0.25, 0.3) is 5.91 Å². The van der Waals surface area contributed by atoms with Crippen LogP contribution >= 0.6 is 0 Å². The number of likely N-dealkylation sites (N-methyl/N-ethyl adjacent to an activating group) is 1. The molecule has 158 valence electrons. The van der Waals surface area contributed by atoms with E-state index in [1.807, 2.05) is 24.3 Å². The van der Waals surface area contributed by atoms with E-state index in [-0.39, 0.29) is 0 Å². The van der Waals surface area contributed by atoms with Crippen molar-refractivity contribution < 1.29 is 18.8 Å². The van der Waals surface area contributed by atoms with Gasteiger partial charge in [0.05, 0.1) is 0 Å². The van der Waals surface area contributed by atoms with Gasteiger partial charge in [0.15, 0.2) is 0 Å². The molecule has 4 amide bonds. The number of carbonyl (C=O) groups excluding carboxylic acids is 3. The molecule has 1 aliphatic heterocycles. The first-order valence-electron chi connectivity index (χ1n) is 9.98. The van der Waals surface area contributed by atoms with Crippen LogP contribution in [0.25, 0.3) is 0 Å². The number of amides is 4. The van der Waals surface area contributed by atoms with Gasteiger partial charge in [-0.1, -0.05) is 38.1 Å². The predicted molar refractivity (Wildman–Crippen MR) is 113 cm³/mol. The van der Waals surface area contributed by atoms with Crippen LogP contribution in [-0.2, 0) is 15.1 Å². The normalized spacial score (nSPS) is 18.7. The summed E-state index contributed by atoms with van der Waals surface area (Å²) in [5.74, 6) is -0.961. The second-order valence-corrected chi connectivity index (χ2v) is 7.84. The second-order valence-electron chi connectivity index (χ2n) is 7.84. The number of hydrogen-bond donors (Lipinski definition) is 1. The molecule has 3 rings (SSSR count). The number of anilines is 1. The molecule has 7 heteroatoms. The Hall–Kier alpha value is -3.22. The van der Waals surface area contributed by atoms with E-state index in [1.165, 1.54) is 29.2 Å². The fraction of sp³-hybridized carbons (Fsp3) is 0.348. The van der Waals surface area contributed by atoms with Gasteiger partial charge in [-0.15, -0.1) is 0 Å². The molecule has 0 spiro atoms. The third-order valence-corrected chi connectivity index (χ3v) is 5.48. The standard InChI is InChI=1S/C23H26FN3O3/c1-5-26(19-12-10-18(24)11-13-19)20(28)14-27-21(29)23(4,25-22(27)30)17-8-6-16(7-9-17)15(2)3/h6-13,15H,5,14H2,1-4H3,(H,25,30)/t23-/m1/s1. The minimum Gasteiger partial charge on any atom is -0.319 e. The van der Waals surface area contributed by atoms with E-state index >= 15 is 0 Å². The molecule has 0 unspecified atom stereocenters. The minimum absolute atomic E-state index is 0.321. The summed E-state index contributed by atoms with van der Waals surface area (Å²) in [6.07, 6.45) is 0. The Morgan fingerprint density at radius 3 is 2.23 bits per heavy atom. The summed E-state index contributed by atoms with van der Waals surface area (Å²) in [6.45, 7) is 7.49. The first-order chi connectivity index (χ1) is 14.2. The van der Waals surface area contributed by atoms with Gasteiger partial charge in [-0.2, -0.15) is 0 Å². The maximum atomic E-state index is 13.2. The van der Waals surface area contributed by atoms with E-state index in [0.29, 0.717) is 23.7 Å². The number of hydrogen-bond acceptors (Lipinski definition) is 3. The van der Waals surface area contributed by atoms with Crippen molar-refractivity contribution in [1.29, 1.82) is 0 Å². The predicted octanol–water partition coefficient (Wildman–Crippen LogP) is 3.77. The Kier molecular flexibility index (Phi) is 5.92. The molecule has 6 nitrogen and oxygen atoms in total. The van der Waals surface area contributed by atoms with E-state index in [2.05, 4.69) is 19.2 Å². The lowest BCUT2D eigenvalue weighted by Gasteiger charge is -2.25. The first kappa shape index (κ1) is 21.5. The van der Waals surface area contributed by atoms with Crippen molar-refractivity contribution in [3.63, 3.8) is 0 Å². The number of imide groups is 1. The smallest absolute Gasteiger partial charge is 0.319 e. The number of benzene rings is 2. The zero-order valence-electron chi connectivity index (χ0n) is 17.6. The highest BCUT2D eigenvalue weighted by Crippen LogP contribution is 2.30. The lowest BCUT2D eigenvalue weighted by molar-refractivity contribution is -0.134. The Morgan fingerprint density at radius 2 is 1.70 bits per heavy atom. The van der Waals surface area contributed by atoms with Crippen LogP contribution in [0.3, 0.4) is 0 Å². The summed E-state index contributed by atoms with van der Waals surface area (Å²) in [6, 6.07) is 12.4. The average molecular weight is 411 g/mol. The zero-order valence-corrected chi connectivity index (χ0v) is 17.6. The van der Waals surface area contributed by atoms with Crippen LogP contribution in [0, 0.1) is 5.82 Å². The number of nitrogens with one attached hydrogen (secondary N) is 1. The molecule has 30 heavy (non-hydrogen) atoms. The van der Waals surface area contributed by atoms with Crippen molar-refractivity contribution in [2.75, 3.05) is 18.0 Å². The van der Waals surface area contributed by atoms with Crippen molar-refractivity contribution in [1.82, 2.24) is 10.2 Å². The minimum atomic E-state index is -1.24. The van der Waals surface area contributed by atoms with Crippen LogP contribution in [-0.4, -0.2) is 35.8 Å². The third-order valence-electron chi connectivity index (χ3n) is 5.48. The van der Waals surface area contributed by atoms with Crippen LogP contribution in [0.5, 0.6) is 0 Å². The highest BCUT2D eigenvalue weighted by atomic mass is 19.1. The molecule has 1 fully saturated rings. The number of nitrogens with zero attached hydrogens (tertiary/aromatic N) is 2. The number of rotatable bonds is 6. The maximum Gasteiger partial charge on any atom is 0.325 e. The summed E-state index contributed by atoms with van der Waals surface area (Å²) >= 11 is 0. The van der Waals surface area contributed by atoms with Crippen LogP contribution in [0.4, 0.5) is 14.9 Å². The number of halogens is 1. The van der Waals surface area contributed by atoms with Gasteiger partial charge in [-0.25, -0.2) is 9.18 Å². The summed E-state index contributed by atoms with van der Waals surface area (Å²) in [7, 11) is 0. The molecule has 1 aliphatic rings. The highest BCUT2D eigenvalue weighted by Gasteiger charge is 2.49. The summed E-state index contributed by atoms with van der Waals surface area (Å²) in [5.41, 5.74) is 1.05. The Bertz CT molecular complexity index is 957. The van der Waals surface area contributed by atoms with Gasteiger partial charge in [0, 0.05) is 12.2 Å². The quantitative estimate of drug-likeness (QED) is 0.736. The van der Waals surface area contributed by atoms with E-state index in [9.17, 15) is 18.8 Å². The third kappa shape index (κ3) is 3.92. The highest BCUT2D eigenvalue weighted by molar-refractivity contribution is 6.10. The lowest BCUT2D eigenvalue weighted by Crippen LogP contribution is -2.44. The molecule has 0 aromatic heterocycles. The molecule has 1 atom stereocenters. The lowest BCUT2D eigenvalue weighted by atomic mass is 9.90. The number of carbonyl (C=O) groups is 3. The van der Waals surface area contributed by atoms with Crippen molar-refractivity contribution in [3.05, 3.63) is 65.5 Å². The summed E-state index contributed by atoms with van der Waals surface area (Å²) < 4.78 is 13.2. The zero-order chi connectivity index (χ0) is 22.1. The van der Waals surface area contributed by atoms with Crippen LogP contribution < -0.4 is 10.2 Å². The topological polar surface area (TPSA) is 69.7 Å². The fourth-order valence-electron chi connectivity index (χ4n) is 3.58. The van der Waals surface area contributed by atoms with E-state index in [1.54, 1.807) is 13.8 Å². The maximum absolute atomic E-state index is 13.2. The molecule has 0 saturated carbocycles. The Balaban J connectivity index is 1.80. The van der Waals surface area contributed by atoms with Crippen LogP contribution in [0.15, 0.2) is 48.5 Å². The molecule has 0 aliphatic carbocycles. The molecular formula is C23H26FN3O3. The molecule has 0 bridgehead atoms. The number of urea groups is 1. The second kappa shape index (κ2) is 8.26. The SMILES string of the molecule is CCN(C(=O)CN1C(=O)N[C@](C)(c2ccc(C(C)C)cc2)C1=O)c1ccc(F)cc1. The van der Waals surface area contributed by atoms with Crippen molar-refractivity contribution in [3.8, 4) is 0 Å². The Labute approximate surface area is 175 Å². The average Bonchev–Trinajstić information content (AvgIpc) is 2.94. The molecule has 1 N–H and O–H groups in total. The Morgan fingerprint density at radius 1 is 1.10 bits per heavy atom. The first-order valence-corrected chi connectivity index (χ1v) is 9.98. The molecule has 0 radical (unpaired) electrons. The van der Waals surface area contributed by atoms with Crippen molar-refractivity contribution >= 4 is 23.5 Å². The van der Waals surface area contributed by atoms with Gasteiger partial charge < -0.3 is 10.2 Å². The van der Waals surface area contributed by atoms with E-state index < -0.39 is 35.7 Å². The fourth-order valence-corrected chi connectivity index (χ4v) is 3.58.